The van der Waals surface area contributed by atoms with Gasteiger partial charge < -0.3 is 20.8 Å². The van der Waals surface area contributed by atoms with Gasteiger partial charge in [0.05, 0.1) is 5.39 Å². The van der Waals surface area contributed by atoms with E-state index >= 15 is 0 Å². The Morgan fingerprint density at radius 3 is 2.81 bits per heavy atom. The van der Waals surface area contributed by atoms with Gasteiger partial charge in [-0.2, -0.15) is 10.1 Å². The first-order valence-electron chi connectivity index (χ1n) is 8.84. The normalized spacial score (nSPS) is 11.5. The van der Waals surface area contributed by atoms with Crippen LogP contribution in [-0.4, -0.2) is 45.4 Å². The fourth-order valence-corrected chi connectivity index (χ4v) is 3.19. The Balaban J connectivity index is 1.91. The number of anilines is 2. The lowest BCUT2D eigenvalue weighted by Gasteiger charge is -2.12. The van der Waals surface area contributed by atoms with Crippen molar-refractivity contribution in [3.05, 3.63) is 24.5 Å². The van der Waals surface area contributed by atoms with E-state index in [1.165, 1.54) is 0 Å². The molecule has 27 heavy (non-hydrogen) atoms. The first-order chi connectivity index (χ1) is 13.1. The van der Waals surface area contributed by atoms with Crippen molar-refractivity contribution >= 4 is 34.0 Å². The summed E-state index contributed by atoms with van der Waals surface area (Å²) in [6.45, 7) is 1.41. The number of unbranched alkanes of at least 4 members (excludes halogenated alkanes) is 1. The zero-order valence-electron chi connectivity index (χ0n) is 15.4. The standard InChI is InChI=1S/C18H22N8O/c1-25(2)16-14-15(11-5-6-13-12(9-11)23-18(20)27-13)24-26(8-4-3-7-19)17(14)22-10-21-16/h5-6,9-10H,3-4,7-8,19H2,1-2H3,(H2,20,23). The molecule has 0 aliphatic carbocycles. The maximum atomic E-state index is 5.67. The molecule has 0 saturated carbocycles. The zero-order valence-corrected chi connectivity index (χ0v) is 15.4. The highest BCUT2D eigenvalue weighted by molar-refractivity contribution is 6.00. The second-order valence-corrected chi connectivity index (χ2v) is 6.59. The number of aromatic nitrogens is 5. The highest BCUT2D eigenvalue weighted by Gasteiger charge is 2.20. The third kappa shape index (κ3) is 3.06. The minimum atomic E-state index is 0.150. The fraction of sp³-hybridized carbons (Fsp3) is 0.333. The number of rotatable bonds is 6. The van der Waals surface area contributed by atoms with Gasteiger partial charge in [-0.25, -0.2) is 14.6 Å². The van der Waals surface area contributed by atoms with Crippen molar-refractivity contribution in [3.8, 4) is 11.3 Å². The number of hydrogen-bond donors (Lipinski definition) is 2. The molecule has 140 valence electrons. The molecule has 0 saturated heterocycles. The van der Waals surface area contributed by atoms with Gasteiger partial charge >= 0.3 is 0 Å². The van der Waals surface area contributed by atoms with E-state index in [0.717, 1.165) is 47.5 Å². The minimum Gasteiger partial charge on any atom is -0.424 e. The molecule has 9 nitrogen and oxygen atoms in total. The summed E-state index contributed by atoms with van der Waals surface area (Å²) in [6, 6.07) is 5.88. The second kappa shape index (κ2) is 6.84. The minimum absolute atomic E-state index is 0.150. The van der Waals surface area contributed by atoms with Gasteiger partial charge in [-0.1, -0.05) is 0 Å². The van der Waals surface area contributed by atoms with Crippen LogP contribution < -0.4 is 16.4 Å². The Hall–Kier alpha value is -3.20. The van der Waals surface area contributed by atoms with Gasteiger partial charge in [-0.15, -0.1) is 0 Å². The Morgan fingerprint density at radius 1 is 1.19 bits per heavy atom. The van der Waals surface area contributed by atoms with E-state index in [2.05, 4.69) is 15.0 Å². The van der Waals surface area contributed by atoms with Crippen molar-refractivity contribution in [2.75, 3.05) is 31.3 Å². The Bertz CT molecular complexity index is 1100. The van der Waals surface area contributed by atoms with E-state index in [-0.39, 0.29) is 6.01 Å². The van der Waals surface area contributed by atoms with Crippen molar-refractivity contribution in [3.63, 3.8) is 0 Å². The third-order valence-electron chi connectivity index (χ3n) is 4.43. The molecule has 0 amide bonds. The maximum absolute atomic E-state index is 5.67. The average Bonchev–Trinajstić information content (AvgIpc) is 3.20. The van der Waals surface area contributed by atoms with Crippen LogP contribution in [0.4, 0.5) is 11.8 Å². The molecule has 4 rings (SSSR count). The van der Waals surface area contributed by atoms with Crippen LogP contribution in [0.3, 0.4) is 0 Å². The third-order valence-corrected chi connectivity index (χ3v) is 4.43. The van der Waals surface area contributed by atoms with Crippen molar-refractivity contribution in [2.45, 2.75) is 19.4 Å². The zero-order chi connectivity index (χ0) is 19.0. The van der Waals surface area contributed by atoms with Gasteiger partial charge in [-0.3, -0.25) is 0 Å². The van der Waals surface area contributed by atoms with Gasteiger partial charge in [0, 0.05) is 26.2 Å². The second-order valence-electron chi connectivity index (χ2n) is 6.59. The average molecular weight is 366 g/mol. The summed E-state index contributed by atoms with van der Waals surface area (Å²) < 4.78 is 7.30. The molecule has 0 radical (unpaired) electrons. The maximum Gasteiger partial charge on any atom is 0.292 e. The summed E-state index contributed by atoms with van der Waals surface area (Å²) in [6.07, 6.45) is 3.45. The molecule has 0 bridgehead atoms. The number of nitrogens with two attached hydrogens (primary N) is 2. The van der Waals surface area contributed by atoms with E-state index in [4.69, 9.17) is 21.0 Å². The number of hydrogen-bond acceptors (Lipinski definition) is 8. The number of nitrogen functional groups attached to an aromatic ring is 1. The van der Waals surface area contributed by atoms with E-state index in [1.54, 1.807) is 6.33 Å². The van der Waals surface area contributed by atoms with Crippen LogP contribution in [0.25, 0.3) is 33.4 Å². The number of fused-ring (bicyclic) bond motifs is 2. The quantitative estimate of drug-likeness (QED) is 0.497. The van der Waals surface area contributed by atoms with Crippen LogP contribution in [0.2, 0.25) is 0 Å². The summed E-state index contributed by atoms with van der Waals surface area (Å²) in [7, 11) is 3.91. The Morgan fingerprint density at radius 2 is 2.04 bits per heavy atom. The molecular weight excluding hydrogens is 344 g/mol. The summed E-state index contributed by atoms with van der Waals surface area (Å²) in [5, 5.41) is 5.75. The molecule has 3 heterocycles. The SMILES string of the molecule is CN(C)c1ncnc2c1c(-c1ccc3oc(N)nc3c1)nn2CCCCN. The van der Waals surface area contributed by atoms with Crippen LogP contribution in [0, 0.1) is 0 Å². The lowest BCUT2D eigenvalue weighted by atomic mass is 10.1. The molecule has 9 heteroatoms. The molecule has 1 aromatic carbocycles. The van der Waals surface area contributed by atoms with Gasteiger partial charge in [0.25, 0.3) is 6.01 Å². The summed E-state index contributed by atoms with van der Waals surface area (Å²) >= 11 is 0. The van der Waals surface area contributed by atoms with Gasteiger partial charge in [0.15, 0.2) is 11.2 Å². The summed E-state index contributed by atoms with van der Waals surface area (Å²) in [5.74, 6) is 0.819. The summed E-state index contributed by atoms with van der Waals surface area (Å²) in [4.78, 5) is 15.1. The van der Waals surface area contributed by atoms with Gasteiger partial charge in [0.1, 0.15) is 23.4 Å². The van der Waals surface area contributed by atoms with Crippen LogP contribution in [0.1, 0.15) is 12.8 Å². The molecule has 0 spiro atoms. The topological polar surface area (TPSA) is 125 Å². The molecule has 0 aliphatic rings. The molecule has 0 atom stereocenters. The van der Waals surface area contributed by atoms with Gasteiger partial charge in [0.2, 0.25) is 0 Å². The molecule has 3 aromatic heterocycles. The molecule has 0 unspecified atom stereocenters. The van der Waals surface area contributed by atoms with Crippen molar-refractivity contribution in [1.82, 2.24) is 24.7 Å². The highest BCUT2D eigenvalue weighted by atomic mass is 16.4. The molecular formula is C18H22N8O. The monoisotopic (exact) mass is 366 g/mol. The molecule has 0 fully saturated rings. The lowest BCUT2D eigenvalue weighted by Crippen LogP contribution is -2.11. The van der Waals surface area contributed by atoms with Crippen LogP contribution in [0.5, 0.6) is 0 Å². The first kappa shape index (κ1) is 17.2. The first-order valence-corrected chi connectivity index (χ1v) is 8.84. The number of nitrogens with zero attached hydrogens (tertiary/aromatic N) is 6. The largest absolute Gasteiger partial charge is 0.424 e. The number of oxazole rings is 1. The van der Waals surface area contributed by atoms with Crippen LogP contribution >= 0.6 is 0 Å². The summed E-state index contributed by atoms with van der Waals surface area (Å²) in [5.41, 5.74) is 15.2. The predicted molar refractivity (Wildman–Crippen MR) is 105 cm³/mol. The van der Waals surface area contributed by atoms with E-state index in [1.807, 2.05) is 41.9 Å². The molecule has 4 N–H and O–H groups in total. The van der Waals surface area contributed by atoms with Crippen molar-refractivity contribution in [2.24, 2.45) is 5.73 Å². The lowest BCUT2D eigenvalue weighted by molar-refractivity contribution is 0.574. The van der Waals surface area contributed by atoms with E-state index in [0.29, 0.717) is 17.6 Å². The fourth-order valence-electron chi connectivity index (χ4n) is 3.19. The Labute approximate surface area is 156 Å². The van der Waals surface area contributed by atoms with Crippen molar-refractivity contribution in [1.29, 1.82) is 0 Å². The van der Waals surface area contributed by atoms with Crippen LogP contribution in [0.15, 0.2) is 28.9 Å². The van der Waals surface area contributed by atoms with Crippen LogP contribution in [-0.2, 0) is 6.54 Å². The van der Waals surface area contributed by atoms with E-state index < -0.39 is 0 Å². The smallest absolute Gasteiger partial charge is 0.292 e. The predicted octanol–water partition coefficient (Wildman–Crippen LogP) is 2.02. The van der Waals surface area contributed by atoms with Gasteiger partial charge in [-0.05, 0) is 37.6 Å². The molecule has 0 aliphatic heterocycles. The highest BCUT2D eigenvalue weighted by Crippen LogP contribution is 2.34. The van der Waals surface area contributed by atoms with Crippen molar-refractivity contribution < 1.29 is 4.42 Å². The molecule has 4 aromatic rings. The number of aryl methyl sites for hydroxylation is 1. The Kier molecular flexibility index (Phi) is 4.36. The van der Waals surface area contributed by atoms with E-state index in [9.17, 15) is 0 Å². The number of benzene rings is 1.